The highest BCUT2D eigenvalue weighted by Crippen LogP contribution is 2.17. The minimum Gasteiger partial charge on any atom is -0.380 e. The van der Waals surface area contributed by atoms with Crippen molar-refractivity contribution in [3.63, 3.8) is 0 Å². The van der Waals surface area contributed by atoms with Crippen LogP contribution in [0, 0.1) is 12.7 Å². The number of hydrogen-bond donors (Lipinski definition) is 2. The van der Waals surface area contributed by atoms with E-state index < -0.39 is 10.0 Å². The molecule has 0 aliphatic rings. The van der Waals surface area contributed by atoms with Gasteiger partial charge in [0.2, 0.25) is 0 Å². The first-order chi connectivity index (χ1) is 12.4. The van der Waals surface area contributed by atoms with E-state index in [9.17, 15) is 12.8 Å². The molecule has 1 aromatic heterocycles. The van der Waals surface area contributed by atoms with Crippen molar-refractivity contribution in [2.24, 2.45) is 0 Å². The number of nitrogens with zero attached hydrogens (tertiary/aromatic N) is 1. The van der Waals surface area contributed by atoms with Crippen LogP contribution in [-0.4, -0.2) is 13.4 Å². The number of hydrogen-bond acceptors (Lipinski definition) is 4. The molecular formula is C19H18FN3O2S. The molecule has 0 spiro atoms. The van der Waals surface area contributed by atoms with Gasteiger partial charge in [0, 0.05) is 12.1 Å². The first-order valence-electron chi connectivity index (χ1n) is 7.97. The van der Waals surface area contributed by atoms with Crippen LogP contribution in [0.25, 0.3) is 0 Å². The molecular weight excluding hydrogens is 353 g/mol. The molecule has 0 fully saturated rings. The third-order valence-electron chi connectivity index (χ3n) is 3.77. The number of aryl methyl sites for hydroxylation is 1. The Morgan fingerprint density at radius 2 is 1.73 bits per heavy atom. The summed E-state index contributed by atoms with van der Waals surface area (Å²) in [6.45, 7) is 2.20. The van der Waals surface area contributed by atoms with Crippen LogP contribution in [0.15, 0.2) is 71.8 Å². The molecule has 0 atom stereocenters. The average Bonchev–Trinajstić information content (AvgIpc) is 2.62. The van der Waals surface area contributed by atoms with Gasteiger partial charge < -0.3 is 5.32 Å². The van der Waals surface area contributed by atoms with Gasteiger partial charge in [0.05, 0.1) is 16.8 Å². The molecule has 2 N–H and O–H groups in total. The first kappa shape index (κ1) is 17.9. The molecule has 3 rings (SSSR count). The van der Waals surface area contributed by atoms with E-state index in [4.69, 9.17) is 0 Å². The van der Waals surface area contributed by atoms with E-state index in [1.165, 1.54) is 12.3 Å². The van der Waals surface area contributed by atoms with Crippen LogP contribution in [-0.2, 0) is 16.6 Å². The van der Waals surface area contributed by atoms with E-state index in [1.54, 1.807) is 54.6 Å². The van der Waals surface area contributed by atoms with Gasteiger partial charge in [-0.3, -0.25) is 4.72 Å². The van der Waals surface area contributed by atoms with E-state index >= 15 is 0 Å². The summed E-state index contributed by atoms with van der Waals surface area (Å²) in [6.07, 6.45) is 1.49. The molecule has 5 nitrogen and oxygen atoms in total. The summed E-state index contributed by atoms with van der Waals surface area (Å²) in [4.78, 5) is 4.27. The van der Waals surface area contributed by atoms with E-state index in [0.717, 1.165) is 5.56 Å². The molecule has 7 heteroatoms. The zero-order chi connectivity index (χ0) is 18.6. The third-order valence-corrected chi connectivity index (χ3v) is 5.15. The van der Waals surface area contributed by atoms with Gasteiger partial charge in [-0.25, -0.2) is 17.8 Å². The predicted molar refractivity (Wildman–Crippen MR) is 100.0 cm³/mol. The summed E-state index contributed by atoms with van der Waals surface area (Å²) in [5.41, 5.74) is 2.18. The van der Waals surface area contributed by atoms with Crippen LogP contribution in [0.2, 0.25) is 0 Å². The van der Waals surface area contributed by atoms with Crippen LogP contribution in [0.5, 0.6) is 0 Å². The van der Waals surface area contributed by atoms with Crippen molar-refractivity contribution in [1.29, 1.82) is 0 Å². The molecule has 0 amide bonds. The Kier molecular flexibility index (Phi) is 5.18. The van der Waals surface area contributed by atoms with Crippen molar-refractivity contribution in [1.82, 2.24) is 4.98 Å². The van der Waals surface area contributed by atoms with Gasteiger partial charge >= 0.3 is 0 Å². The SMILES string of the molecule is Cc1ccc(S(=O)(=O)Nc2ccc(NCc3ccccc3F)cn2)cc1. The summed E-state index contributed by atoms with van der Waals surface area (Å²) >= 11 is 0. The lowest BCUT2D eigenvalue weighted by atomic mass is 10.2. The summed E-state index contributed by atoms with van der Waals surface area (Å²) in [7, 11) is -3.69. The highest BCUT2D eigenvalue weighted by molar-refractivity contribution is 7.92. The Balaban J connectivity index is 1.66. The summed E-state index contributed by atoms with van der Waals surface area (Å²) in [5, 5.41) is 3.05. The molecule has 1 heterocycles. The molecule has 3 aromatic rings. The average molecular weight is 371 g/mol. The van der Waals surface area contributed by atoms with E-state index in [-0.39, 0.29) is 16.5 Å². The Morgan fingerprint density at radius 3 is 2.38 bits per heavy atom. The van der Waals surface area contributed by atoms with Crippen LogP contribution >= 0.6 is 0 Å². The highest BCUT2D eigenvalue weighted by atomic mass is 32.2. The van der Waals surface area contributed by atoms with Crippen molar-refractivity contribution in [2.75, 3.05) is 10.0 Å². The molecule has 0 unspecified atom stereocenters. The van der Waals surface area contributed by atoms with Gasteiger partial charge in [0.1, 0.15) is 11.6 Å². The number of sulfonamides is 1. The quantitative estimate of drug-likeness (QED) is 0.688. The molecule has 0 radical (unpaired) electrons. The fourth-order valence-corrected chi connectivity index (χ4v) is 3.32. The van der Waals surface area contributed by atoms with Gasteiger partial charge in [0.25, 0.3) is 10.0 Å². The summed E-state index contributed by atoms with van der Waals surface area (Å²) in [5.74, 6) is -0.0718. The van der Waals surface area contributed by atoms with E-state index in [2.05, 4.69) is 15.0 Å². The van der Waals surface area contributed by atoms with E-state index in [0.29, 0.717) is 17.8 Å². The molecule has 2 aromatic carbocycles. The Morgan fingerprint density at radius 1 is 1.00 bits per heavy atom. The standard InChI is InChI=1S/C19H18FN3O2S/c1-14-6-9-17(10-7-14)26(24,25)23-19-11-8-16(13-22-19)21-12-15-4-2-3-5-18(15)20/h2-11,13,21H,12H2,1H3,(H,22,23). The smallest absolute Gasteiger partial charge is 0.263 e. The number of rotatable bonds is 6. The van der Waals surface area contributed by atoms with Gasteiger partial charge in [0.15, 0.2) is 0 Å². The number of pyridine rings is 1. The van der Waals surface area contributed by atoms with Crippen molar-refractivity contribution in [3.05, 3.63) is 83.8 Å². The monoisotopic (exact) mass is 371 g/mol. The van der Waals surface area contributed by atoms with Crippen molar-refractivity contribution >= 4 is 21.5 Å². The van der Waals surface area contributed by atoms with E-state index in [1.807, 2.05) is 6.92 Å². The van der Waals surface area contributed by atoms with Crippen LogP contribution < -0.4 is 10.0 Å². The third kappa shape index (κ3) is 4.37. The van der Waals surface area contributed by atoms with Crippen LogP contribution in [0.1, 0.15) is 11.1 Å². The number of nitrogens with one attached hydrogen (secondary N) is 2. The van der Waals surface area contributed by atoms with Crippen LogP contribution in [0.3, 0.4) is 0 Å². The molecule has 26 heavy (non-hydrogen) atoms. The number of aromatic nitrogens is 1. The zero-order valence-corrected chi connectivity index (χ0v) is 14.9. The zero-order valence-electron chi connectivity index (χ0n) is 14.1. The maximum atomic E-state index is 13.6. The minimum absolute atomic E-state index is 0.173. The van der Waals surface area contributed by atoms with Gasteiger partial charge in [-0.05, 0) is 37.3 Å². The lowest BCUT2D eigenvalue weighted by Crippen LogP contribution is -2.14. The lowest BCUT2D eigenvalue weighted by Gasteiger charge is -2.10. The fourth-order valence-electron chi connectivity index (χ4n) is 2.31. The highest BCUT2D eigenvalue weighted by Gasteiger charge is 2.14. The molecule has 0 saturated carbocycles. The number of benzene rings is 2. The molecule has 0 bridgehead atoms. The number of halogens is 1. The second kappa shape index (κ2) is 7.53. The van der Waals surface area contributed by atoms with Crippen LogP contribution in [0.4, 0.5) is 15.9 Å². The minimum atomic E-state index is -3.69. The molecule has 0 aliphatic heterocycles. The molecule has 0 aliphatic carbocycles. The van der Waals surface area contributed by atoms with Crippen molar-refractivity contribution < 1.29 is 12.8 Å². The Labute approximate surface area is 152 Å². The second-order valence-corrected chi connectivity index (χ2v) is 7.48. The largest absolute Gasteiger partial charge is 0.380 e. The predicted octanol–water partition coefficient (Wildman–Crippen LogP) is 3.94. The van der Waals surface area contributed by atoms with Gasteiger partial charge in [-0.2, -0.15) is 0 Å². The first-order valence-corrected chi connectivity index (χ1v) is 9.45. The molecule has 0 saturated heterocycles. The number of anilines is 2. The topological polar surface area (TPSA) is 71.1 Å². The van der Waals surface area contributed by atoms with Crippen molar-refractivity contribution in [3.8, 4) is 0 Å². The summed E-state index contributed by atoms with van der Waals surface area (Å²) in [6, 6.07) is 16.3. The Bertz CT molecular complexity index is 988. The summed E-state index contributed by atoms with van der Waals surface area (Å²) < 4.78 is 40.7. The van der Waals surface area contributed by atoms with Crippen molar-refractivity contribution in [2.45, 2.75) is 18.4 Å². The van der Waals surface area contributed by atoms with Gasteiger partial charge in [-0.1, -0.05) is 35.9 Å². The maximum Gasteiger partial charge on any atom is 0.263 e. The normalized spacial score (nSPS) is 11.2. The second-order valence-electron chi connectivity index (χ2n) is 5.80. The Hall–Kier alpha value is -2.93. The molecule has 134 valence electrons. The van der Waals surface area contributed by atoms with Gasteiger partial charge in [-0.15, -0.1) is 0 Å². The lowest BCUT2D eigenvalue weighted by molar-refractivity contribution is 0.601. The maximum absolute atomic E-state index is 13.6. The fraction of sp³-hybridized carbons (Fsp3) is 0.105.